The third-order valence-electron chi connectivity index (χ3n) is 4.47. The number of amides is 1. The summed E-state index contributed by atoms with van der Waals surface area (Å²) in [5, 5.41) is 19.0. The number of rotatable bonds is 12. The third-order valence-corrected chi connectivity index (χ3v) is 5.51. The van der Waals surface area contributed by atoms with Crippen LogP contribution in [0.1, 0.15) is 31.2 Å². The Morgan fingerprint density at radius 3 is 2.77 bits per heavy atom. The Hall–Kier alpha value is -1.31. The first-order valence-corrected chi connectivity index (χ1v) is 10.3. The summed E-state index contributed by atoms with van der Waals surface area (Å²) in [6, 6.07) is 6.16. The smallest absolute Gasteiger partial charge is 0.410 e. The summed E-state index contributed by atoms with van der Waals surface area (Å²) in [5.74, 6) is 1.54. The van der Waals surface area contributed by atoms with Gasteiger partial charge >= 0.3 is 6.09 Å². The Kier molecular flexibility index (Phi) is 9.22. The Bertz CT molecular complexity index is 543. The zero-order chi connectivity index (χ0) is 18.8. The van der Waals surface area contributed by atoms with Crippen molar-refractivity contribution in [2.45, 2.75) is 44.2 Å². The molecule has 26 heavy (non-hydrogen) atoms. The van der Waals surface area contributed by atoms with E-state index in [1.165, 1.54) is 12.1 Å². The highest BCUT2D eigenvalue weighted by Gasteiger charge is 2.32. The summed E-state index contributed by atoms with van der Waals surface area (Å²) in [4.78, 5) is 13.6. The number of unbranched alkanes of at least 4 members (excludes halogenated alkanes) is 1. The number of halogens is 1. The third kappa shape index (κ3) is 7.13. The van der Waals surface area contributed by atoms with Gasteiger partial charge in [0, 0.05) is 18.9 Å². The van der Waals surface area contributed by atoms with E-state index in [-0.39, 0.29) is 24.6 Å². The average Bonchev–Trinajstić information content (AvgIpc) is 2.98. The number of carbonyl (C=O) groups is 1. The summed E-state index contributed by atoms with van der Waals surface area (Å²) in [7, 11) is 0. The molecule has 0 spiro atoms. The number of aliphatic hydroxyl groups excluding tert-OH is 2. The predicted molar refractivity (Wildman–Crippen MR) is 101 cm³/mol. The second-order valence-electron chi connectivity index (χ2n) is 6.53. The van der Waals surface area contributed by atoms with Gasteiger partial charge in [-0.15, -0.1) is 0 Å². The molecular formula is C19H28FNO4S. The van der Waals surface area contributed by atoms with Gasteiger partial charge in [-0.3, -0.25) is 0 Å². The zero-order valence-corrected chi connectivity index (χ0v) is 15.8. The fourth-order valence-electron chi connectivity index (χ4n) is 2.96. The molecule has 146 valence electrons. The van der Waals surface area contributed by atoms with Crippen LogP contribution in [0.3, 0.4) is 0 Å². The first kappa shape index (κ1) is 21.0. The summed E-state index contributed by atoms with van der Waals surface area (Å²) in [5.41, 5.74) is 0.897. The van der Waals surface area contributed by atoms with E-state index in [2.05, 4.69) is 0 Å². The lowest BCUT2D eigenvalue weighted by atomic mass is 10.0. The van der Waals surface area contributed by atoms with E-state index in [0.717, 1.165) is 29.9 Å². The maximum atomic E-state index is 12.9. The highest BCUT2D eigenvalue weighted by atomic mass is 32.2. The number of hydrogen-bond donors (Lipinski definition) is 2. The van der Waals surface area contributed by atoms with Crippen LogP contribution < -0.4 is 0 Å². The average molecular weight is 386 g/mol. The zero-order valence-electron chi connectivity index (χ0n) is 15.0. The molecule has 1 aromatic carbocycles. The normalized spacial score (nSPS) is 18.2. The number of thioether (sulfide) groups is 1. The number of cyclic esters (lactones) is 1. The Morgan fingerprint density at radius 2 is 2.04 bits per heavy atom. The van der Waals surface area contributed by atoms with Crippen LogP contribution in [0.25, 0.3) is 0 Å². The molecule has 0 bridgehead atoms. The Morgan fingerprint density at radius 1 is 1.27 bits per heavy atom. The lowest BCUT2D eigenvalue weighted by Gasteiger charge is -2.22. The molecule has 0 radical (unpaired) electrons. The van der Waals surface area contributed by atoms with Crippen LogP contribution in [-0.4, -0.2) is 64.6 Å². The van der Waals surface area contributed by atoms with Crippen molar-refractivity contribution in [1.29, 1.82) is 0 Å². The molecule has 2 atom stereocenters. The maximum absolute atomic E-state index is 12.9. The molecule has 2 N–H and O–H groups in total. The molecule has 1 aliphatic heterocycles. The number of ether oxygens (including phenoxy) is 1. The van der Waals surface area contributed by atoms with Crippen LogP contribution in [0.2, 0.25) is 0 Å². The van der Waals surface area contributed by atoms with E-state index >= 15 is 0 Å². The van der Waals surface area contributed by atoms with Crippen LogP contribution in [0.15, 0.2) is 24.3 Å². The van der Waals surface area contributed by atoms with Gasteiger partial charge in [0.1, 0.15) is 12.4 Å². The fourth-order valence-corrected chi connectivity index (χ4v) is 3.90. The Balaban J connectivity index is 1.69. The molecule has 0 unspecified atom stereocenters. The van der Waals surface area contributed by atoms with Gasteiger partial charge in [0.15, 0.2) is 0 Å². The van der Waals surface area contributed by atoms with Gasteiger partial charge in [-0.1, -0.05) is 12.1 Å². The molecule has 1 amide bonds. The topological polar surface area (TPSA) is 70.0 Å². The molecule has 1 aromatic rings. The van der Waals surface area contributed by atoms with E-state index in [9.17, 15) is 14.3 Å². The number of hydrogen-bond acceptors (Lipinski definition) is 5. The van der Waals surface area contributed by atoms with Gasteiger partial charge in [-0.2, -0.15) is 11.8 Å². The summed E-state index contributed by atoms with van der Waals surface area (Å²) >= 11 is 1.77. The van der Waals surface area contributed by atoms with Gasteiger partial charge in [0.25, 0.3) is 0 Å². The van der Waals surface area contributed by atoms with Crippen LogP contribution >= 0.6 is 11.8 Å². The number of benzene rings is 1. The van der Waals surface area contributed by atoms with Crippen molar-refractivity contribution in [3.63, 3.8) is 0 Å². The van der Waals surface area contributed by atoms with Crippen molar-refractivity contribution in [2.75, 3.05) is 31.3 Å². The first-order chi connectivity index (χ1) is 12.6. The van der Waals surface area contributed by atoms with Gasteiger partial charge < -0.3 is 19.8 Å². The highest BCUT2D eigenvalue weighted by Crippen LogP contribution is 2.20. The standard InChI is InChI=1S/C19H28FNO4S/c20-16-5-3-15(4-6-16)13-18(23)8-7-17-14-25-19(24)21(17)9-12-26-11-2-1-10-22/h3-6,17-18,22-23H,1-2,7-14H2/t17-,18+/m0/s1. The van der Waals surface area contributed by atoms with E-state index in [4.69, 9.17) is 9.84 Å². The minimum atomic E-state index is -0.522. The molecule has 1 fully saturated rings. The van der Waals surface area contributed by atoms with Gasteiger partial charge in [-0.25, -0.2) is 9.18 Å². The highest BCUT2D eigenvalue weighted by molar-refractivity contribution is 7.99. The van der Waals surface area contributed by atoms with Crippen molar-refractivity contribution in [3.05, 3.63) is 35.6 Å². The minimum Gasteiger partial charge on any atom is -0.447 e. The van der Waals surface area contributed by atoms with Crippen LogP contribution in [0, 0.1) is 5.82 Å². The monoisotopic (exact) mass is 385 g/mol. The maximum Gasteiger partial charge on any atom is 0.410 e. The van der Waals surface area contributed by atoms with Crippen LogP contribution in [-0.2, 0) is 11.2 Å². The van der Waals surface area contributed by atoms with Gasteiger partial charge in [-0.05, 0) is 55.6 Å². The quantitative estimate of drug-likeness (QED) is 0.542. The minimum absolute atomic E-state index is 0.00316. The van der Waals surface area contributed by atoms with E-state index in [1.54, 1.807) is 28.8 Å². The van der Waals surface area contributed by atoms with Crippen molar-refractivity contribution in [1.82, 2.24) is 4.90 Å². The van der Waals surface area contributed by atoms with Gasteiger partial charge in [0.2, 0.25) is 0 Å². The van der Waals surface area contributed by atoms with E-state index < -0.39 is 6.10 Å². The molecule has 1 aliphatic rings. The lowest BCUT2D eigenvalue weighted by molar-refractivity contribution is 0.147. The molecule has 2 rings (SSSR count). The predicted octanol–water partition coefficient (Wildman–Crippen LogP) is 2.84. The molecule has 0 saturated carbocycles. The van der Waals surface area contributed by atoms with Crippen molar-refractivity contribution in [3.8, 4) is 0 Å². The second-order valence-corrected chi connectivity index (χ2v) is 7.75. The molecule has 1 saturated heterocycles. The molecule has 5 nitrogen and oxygen atoms in total. The molecule has 0 aliphatic carbocycles. The second kappa shape index (κ2) is 11.4. The van der Waals surface area contributed by atoms with E-state index in [0.29, 0.717) is 32.4 Å². The summed E-state index contributed by atoms with van der Waals surface area (Å²) in [6.45, 7) is 1.24. The first-order valence-electron chi connectivity index (χ1n) is 9.14. The summed E-state index contributed by atoms with van der Waals surface area (Å²) < 4.78 is 18.1. The largest absolute Gasteiger partial charge is 0.447 e. The summed E-state index contributed by atoms with van der Waals surface area (Å²) in [6.07, 6.45) is 2.72. The van der Waals surface area contributed by atoms with Crippen LogP contribution in [0.5, 0.6) is 0 Å². The number of nitrogens with zero attached hydrogens (tertiary/aromatic N) is 1. The van der Waals surface area contributed by atoms with Gasteiger partial charge in [0.05, 0.1) is 12.1 Å². The lowest BCUT2D eigenvalue weighted by Crippen LogP contribution is -2.36. The van der Waals surface area contributed by atoms with Crippen LogP contribution in [0.4, 0.5) is 9.18 Å². The number of carbonyl (C=O) groups excluding carboxylic acids is 1. The van der Waals surface area contributed by atoms with Crippen molar-refractivity contribution < 1.29 is 24.1 Å². The molecule has 1 heterocycles. The SMILES string of the molecule is O=C1OC[C@H](CC[C@@H](O)Cc2ccc(F)cc2)N1CCSCCCCO. The van der Waals surface area contributed by atoms with Crippen molar-refractivity contribution in [2.24, 2.45) is 0 Å². The molecule has 7 heteroatoms. The molecule has 0 aromatic heterocycles. The fraction of sp³-hybridized carbons (Fsp3) is 0.632. The van der Waals surface area contributed by atoms with E-state index in [1.807, 2.05) is 0 Å². The number of aliphatic hydroxyl groups is 2. The van der Waals surface area contributed by atoms with Crippen molar-refractivity contribution >= 4 is 17.9 Å². The Labute approximate surface area is 158 Å². The molecular weight excluding hydrogens is 357 g/mol.